The number of sulfonamides is 1. The van der Waals surface area contributed by atoms with Gasteiger partial charge in [-0.3, -0.25) is 4.79 Å². The predicted octanol–water partition coefficient (Wildman–Crippen LogP) is 1.85. The van der Waals surface area contributed by atoms with E-state index < -0.39 is 10.0 Å². The van der Waals surface area contributed by atoms with Crippen LogP contribution in [-0.4, -0.2) is 54.9 Å². The first-order valence-corrected chi connectivity index (χ1v) is 10.1. The third-order valence-corrected chi connectivity index (χ3v) is 6.22. The number of nitrogens with zero attached hydrogens (tertiary/aromatic N) is 3. The fraction of sp³-hybridized carbons (Fsp3) is 0.529. The maximum Gasteiger partial charge on any atom is 0.225 e. The first-order valence-electron chi connectivity index (χ1n) is 8.48. The Bertz CT molecular complexity index is 860. The number of hydrogen-bond donors (Lipinski definition) is 0. The van der Waals surface area contributed by atoms with Gasteiger partial charge in [0.1, 0.15) is 11.4 Å². The zero-order valence-electron chi connectivity index (χ0n) is 14.5. The monoisotopic (exact) mass is 365 g/mol. The number of carbonyl (C=O) groups excluding carboxylic acids is 1. The zero-order chi connectivity index (χ0) is 18.0. The van der Waals surface area contributed by atoms with Crippen molar-refractivity contribution in [2.24, 2.45) is 5.92 Å². The Hall–Kier alpha value is -1.93. The highest BCUT2D eigenvalue weighted by atomic mass is 32.2. The second kappa shape index (κ2) is 7.13. The smallest absolute Gasteiger partial charge is 0.225 e. The van der Waals surface area contributed by atoms with Crippen LogP contribution in [0.1, 0.15) is 26.0 Å². The van der Waals surface area contributed by atoms with Crippen LogP contribution in [0.2, 0.25) is 0 Å². The number of para-hydroxylation sites is 1. The second-order valence-corrected chi connectivity index (χ2v) is 8.58. The van der Waals surface area contributed by atoms with Gasteiger partial charge in [-0.15, -0.1) is 0 Å². The van der Waals surface area contributed by atoms with Gasteiger partial charge >= 0.3 is 0 Å². The quantitative estimate of drug-likeness (QED) is 0.826. The summed E-state index contributed by atoms with van der Waals surface area (Å²) in [7, 11) is -3.52. The van der Waals surface area contributed by atoms with Gasteiger partial charge in [0.2, 0.25) is 15.9 Å². The maximum atomic E-state index is 12.8. The third-order valence-electron chi connectivity index (χ3n) is 4.43. The summed E-state index contributed by atoms with van der Waals surface area (Å²) >= 11 is 0. The molecule has 0 saturated carbocycles. The van der Waals surface area contributed by atoms with E-state index in [0.717, 1.165) is 5.39 Å². The van der Waals surface area contributed by atoms with Gasteiger partial charge < -0.3 is 9.42 Å². The minimum Gasteiger partial charge on any atom is -0.356 e. The number of aromatic nitrogens is 1. The molecule has 8 heteroatoms. The summed E-state index contributed by atoms with van der Waals surface area (Å²) in [5.41, 5.74) is 1.01. The van der Waals surface area contributed by atoms with Gasteiger partial charge in [0.15, 0.2) is 5.58 Å². The van der Waals surface area contributed by atoms with E-state index in [1.54, 1.807) is 11.0 Å². The molecule has 3 rings (SSSR count). The number of hydrogen-bond acceptors (Lipinski definition) is 5. The molecule has 1 aromatic carbocycles. The Morgan fingerprint density at radius 1 is 1.20 bits per heavy atom. The lowest BCUT2D eigenvalue weighted by molar-refractivity contribution is -0.134. The highest BCUT2D eigenvalue weighted by molar-refractivity contribution is 7.88. The van der Waals surface area contributed by atoms with Crippen LogP contribution in [0.15, 0.2) is 28.8 Å². The zero-order valence-corrected chi connectivity index (χ0v) is 15.3. The van der Waals surface area contributed by atoms with E-state index in [4.69, 9.17) is 4.52 Å². The topological polar surface area (TPSA) is 83.7 Å². The second-order valence-electron chi connectivity index (χ2n) is 6.61. The molecule has 0 unspecified atom stereocenters. The molecule has 25 heavy (non-hydrogen) atoms. The molecule has 0 spiro atoms. The van der Waals surface area contributed by atoms with Crippen LogP contribution in [0, 0.1) is 5.92 Å². The van der Waals surface area contributed by atoms with Crippen LogP contribution < -0.4 is 0 Å². The van der Waals surface area contributed by atoms with Crippen molar-refractivity contribution in [3.8, 4) is 0 Å². The molecule has 2 aromatic rings. The summed E-state index contributed by atoms with van der Waals surface area (Å²) in [6.45, 7) is 5.47. The SMILES string of the molecule is CC(C)C(=O)N1CCCN(S(=O)(=O)Cc2noc3ccccc23)CC1. The van der Waals surface area contributed by atoms with Gasteiger partial charge in [0.25, 0.3) is 0 Å². The summed E-state index contributed by atoms with van der Waals surface area (Å²) in [6.07, 6.45) is 0.636. The molecule has 0 radical (unpaired) electrons. The van der Waals surface area contributed by atoms with Crippen molar-refractivity contribution in [2.45, 2.75) is 26.0 Å². The summed E-state index contributed by atoms with van der Waals surface area (Å²) in [5.74, 6) is -0.200. The molecule has 0 bridgehead atoms. The number of amides is 1. The number of benzene rings is 1. The van der Waals surface area contributed by atoms with Crippen LogP contribution in [0.3, 0.4) is 0 Å². The lowest BCUT2D eigenvalue weighted by atomic mass is 10.2. The Balaban J connectivity index is 1.73. The molecule has 2 heterocycles. The van der Waals surface area contributed by atoms with E-state index in [2.05, 4.69) is 5.16 Å². The molecule has 0 N–H and O–H groups in total. The van der Waals surface area contributed by atoms with Crippen molar-refractivity contribution in [2.75, 3.05) is 26.2 Å². The van der Waals surface area contributed by atoms with E-state index in [9.17, 15) is 13.2 Å². The summed E-state index contributed by atoms with van der Waals surface area (Å²) in [4.78, 5) is 13.9. The van der Waals surface area contributed by atoms with Crippen molar-refractivity contribution >= 4 is 26.9 Å². The van der Waals surface area contributed by atoms with Gasteiger partial charge in [-0.1, -0.05) is 31.1 Å². The highest BCUT2D eigenvalue weighted by Crippen LogP contribution is 2.21. The first kappa shape index (κ1) is 17.9. The molecule has 0 aliphatic carbocycles. The normalized spacial score (nSPS) is 17.2. The molecule has 1 aliphatic heterocycles. The number of carbonyl (C=O) groups is 1. The predicted molar refractivity (Wildman–Crippen MR) is 94.2 cm³/mol. The van der Waals surface area contributed by atoms with E-state index in [1.807, 2.05) is 32.0 Å². The van der Waals surface area contributed by atoms with Gasteiger partial charge in [-0.05, 0) is 18.6 Å². The van der Waals surface area contributed by atoms with Crippen LogP contribution >= 0.6 is 0 Å². The van der Waals surface area contributed by atoms with Crippen LogP contribution in [0.25, 0.3) is 11.0 Å². The van der Waals surface area contributed by atoms with E-state index in [0.29, 0.717) is 43.9 Å². The van der Waals surface area contributed by atoms with Crippen molar-refractivity contribution in [3.05, 3.63) is 30.0 Å². The summed E-state index contributed by atoms with van der Waals surface area (Å²) < 4.78 is 32.3. The van der Waals surface area contributed by atoms with Gasteiger partial charge in [-0.25, -0.2) is 8.42 Å². The van der Waals surface area contributed by atoms with Crippen molar-refractivity contribution in [1.82, 2.24) is 14.4 Å². The Labute approximate surface area is 147 Å². The van der Waals surface area contributed by atoms with Crippen molar-refractivity contribution < 1.29 is 17.7 Å². The molecule has 1 aliphatic rings. The highest BCUT2D eigenvalue weighted by Gasteiger charge is 2.29. The molecular weight excluding hydrogens is 342 g/mol. The van der Waals surface area contributed by atoms with E-state index >= 15 is 0 Å². The molecule has 1 aromatic heterocycles. The molecule has 1 saturated heterocycles. The molecule has 7 nitrogen and oxygen atoms in total. The summed E-state index contributed by atoms with van der Waals surface area (Å²) in [5, 5.41) is 4.64. The largest absolute Gasteiger partial charge is 0.356 e. The van der Waals surface area contributed by atoms with Crippen molar-refractivity contribution in [1.29, 1.82) is 0 Å². The van der Waals surface area contributed by atoms with Gasteiger partial charge in [0.05, 0.1) is 0 Å². The van der Waals surface area contributed by atoms with E-state index in [-0.39, 0.29) is 17.6 Å². The van der Waals surface area contributed by atoms with Crippen LogP contribution in [0.5, 0.6) is 0 Å². The molecule has 136 valence electrons. The fourth-order valence-electron chi connectivity index (χ4n) is 3.06. The molecule has 1 amide bonds. The molecular formula is C17H23N3O4S. The summed E-state index contributed by atoms with van der Waals surface area (Å²) in [6, 6.07) is 7.22. The average molecular weight is 365 g/mol. The number of fused-ring (bicyclic) bond motifs is 1. The number of rotatable bonds is 4. The van der Waals surface area contributed by atoms with E-state index in [1.165, 1.54) is 4.31 Å². The standard InChI is InChI=1S/C17H23N3O4S/c1-13(2)17(21)19-8-5-9-20(11-10-19)25(22,23)12-15-14-6-3-4-7-16(14)24-18-15/h3-4,6-7,13H,5,8-12H2,1-2H3. The fourth-order valence-corrected chi connectivity index (χ4v) is 4.57. The minimum atomic E-state index is -3.52. The average Bonchev–Trinajstić information content (AvgIpc) is 2.81. The lowest BCUT2D eigenvalue weighted by Crippen LogP contribution is -2.39. The molecule has 1 fully saturated rings. The Morgan fingerprint density at radius 3 is 2.72 bits per heavy atom. The maximum absolute atomic E-state index is 12.8. The van der Waals surface area contributed by atoms with Crippen molar-refractivity contribution in [3.63, 3.8) is 0 Å². The Kier molecular flexibility index (Phi) is 5.10. The molecule has 0 atom stereocenters. The van der Waals surface area contributed by atoms with Gasteiger partial charge in [0, 0.05) is 37.5 Å². The van der Waals surface area contributed by atoms with Crippen LogP contribution in [-0.2, 0) is 20.6 Å². The Morgan fingerprint density at radius 2 is 1.96 bits per heavy atom. The minimum absolute atomic E-state index is 0.0711. The van der Waals surface area contributed by atoms with Gasteiger partial charge in [-0.2, -0.15) is 4.31 Å². The van der Waals surface area contributed by atoms with Crippen LogP contribution in [0.4, 0.5) is 0 Å². The third kappa shape index (κ3) is 3.85. The first-order chi connectivity index (χ1) is 11.9. The lowest BCUT2D eigenvalue weighted by Gasteiger charge is -2.23.